The van der Waals surface area contributed by atoms with E-state index in [2.05, 4.69) is 46.2 Å². The van der Waals surface area contributed by atoms with Crippen LogP contribution in [0.25, 0.3) is 10.9 Å². The van der Waals surface area contributed by atoms with Crippen molar-refractivity contribution < 1.29 is 9.47 Å². The highest BCUT2D eigenvalue weighted by atomic mass is 16.5. The molecule has 0 unspecified atom stereocenters. The second kappa shape index (κ2) is 10.1. The van der Waals surface area contributed by atoms with E-state index in [1.807, 2.05) is 16.8 Å². The van der Waals surface area contributed by atoms with Gasteiger partial charge < -0.3 is 14.5 Å². The van der Waals surface area contributed by atoms with Crippen molar-refractivity contribution in [1.82, 2.24) is 30.1 Å². The Labute approximate surface area is 200 Å². The maximum Gasteiger partial charge on any atom is 0.252 e. The molecule has 9 heteroatoms. The molecule has 9 nitrogen and oxygen atoms in total. The van der Waals surface area contributed by atoms with Crippen molar-refractivity contribution in [3.8, 4) is 11.5 Å². The van der Waals surface area contributed by atoms with Gasteiger partial charge in [0, 0.05) is 29.6 Å². The van der Waals surface area contributed by atoms with Crippen LogP contribution in [0.1, 0.15) is 70.7 Å². The van der Waals surface area contributed by atoms with Gasteiger partial charge in [-0.2, -0.15) is 0 Å². The molecule has 1 aromatic carbocycles. The summed E-state index contributed by atoms with van der Waals surface area (Å²) in [6, 6.07) is 6.07. The number of nitrogens with zero attached hydrogens (tertiary/aromatic N) is 5. The number of aromatic nitrogens is 5. The normalized spacial score (nSPS) is 15.2. The van der Waals surface area contributed by atoms with E-state index in [-0.39, 0.29) is 11.1 Å². The molecule has 3 aromatic rings. The van der Waals surface area contributed by atoms with E-state index in [4.69, 9.17) is 9.47 Å². The van der Waals surface area contributed by atoms with Crippen molar-refractivity contribution in [3.05, 3.63) is 39.9 Å². The van der Waals surface area contributed by atoms with Gasteiger partial charge in [-0.3, -0.25) is 9.69 Å². The standard InChI is InChI=1S/C25H36N6O3/c1-6-25(2,3)31-23(27-28-29-31)16-30(19-10-8-7-9-11-19)15-18-12-17-13-21(33-4)22(34-5)14-20(17)26-24(18)32/h12-14,19H,6-11,15-16H2,1-5H3,(H,26,32). The Morgan fingerprint density at radius 2 is 1.79 bits per heavy atom. The van der Waals surface area contributed by atoms with Gasteiger partial charge in [-0.05, 0) is 55.7 Å². The Balaban J connectivity index is 1.69. The summed E-state index contributed by atoms with van der Waals surface area (Å²) in [5, 5.41) is 13.5. The van der Waals surface area contributed by atoms with Crippen molar-refractivity contribution in [2.45, 2.75) is 84.0 Å². The fourth-order valence-electron chi connectivity index (χ4n) is 4.78. The summed E-state index contributed by atoms with van der Waals surface area (Å²) in [5.41, 5.74) is 1.19. The molecule has 1 aliphatic carbocycles. The Morgan fingerprint density at radius 3 is 2.47 bits per heavy atom. The Kier molecular flexibility index (Phi) is 7.21. The van der Waals surface area contributed by atoms with Gasteiger partial charge in [0.1, 0.15) is 0 Å². The molecule has 34 heavy (non-hydrogen) atoms. The van der Waals surface area contributed by atoms with Crippen LogP contribution in [0.2, 0.25) is 0 Å². The van der Waals surface area contributed by atoms with Gasteiger partial charge >= 0.3 is 0 Å². The minimum atomic E-state index is -0.174. The van der Waals surface area contributed by atoms with Gasteiger partial charge in [-0.15, -0.1) is 5.10 Å². The van der Waals surface area contributed by atoms with Crippen LogP contribution in [0.5, 0.6) is 11.5 Å². The lowest BCUT2D eigenvalue weighted by molar-refractivity contribution is 0.129. The molecule has 4 rings (SSSR count). The molecule has 0 saturated heterocycles. The average molecular weight is 469 g/mol. The number of aromatic amines is 1. The van der Waals surface area contributed by atoms with Gasteiger partial charge in [0.05, 0.1) is 31.8 Å². The molecule has 0 spiro atoms. The van der Waals surface area contributed by atoms with Crippen molar-refractivity contribution in [2.75, 3.05) is 14.2 Å². The molecule has 1 fully saturated rings. The summed E-state index contributed by atoms with van der Waals surface area (Å²) < 4.78 is 12.8. The van der Waals surface area contributed by atoms with E-state index in [9.17, 15) is 4.79 Å². The molecule has 0 bridgehead atoms. The van der Waals surface area contributed by atoms with Crippen molar-refractivity contribution in [1.29, 1.82) is 0 Å². The molecular weight excluding hydrogens is 432 g/mol. The fraction of sp³-hybridized carbons (Fsp3) is 0.600. The van der Waals surface area contributed by atoms with E-state index < -0.39 is 0 Å². The zero-order chi connectivity index (χ0) is 24.3. The molecule has 184 valence electrons. The summed E-state index contributed by atoms with van der Waals surface area (Å²) in [7, 11) is 3.20. The lowest BCUT2D eigenvalue weighted by atomic mass is 9.93. The van der Waals surface area contributed by atoms with Gasteiger partial charge in [-0.1, -0.05) is 26.2 Å². The highest BCUT2D eigenvalue weighted by molar-refractivity contribution is 5.83. The fourth-order valence-corrected chi connectivity index (χ4v) is 4.78. The average Bonchev–Trinajstić information content (AvgIpc) is 3.33. The predicted octanol–water partition coefficient (Wildman–Crippen LogP) is 4.01. The van der Waals surface area contributed by atoms with E-state index in [0.29, 0.717) is 30.6 Å². The third-order valence-electron chi connectivity index (χ3n) is 7.21. The predicted molar refractivity (Wildman–Crippen MR) is 131 cm³/mol. The Hall–Kier alpha value is -2.94. The molecule has 2 heterocycles. The zero-order valence-electron chi connectivity index (χ0n) is 20.9. The van der Waals surface area contributed by atoms with E-state index >= 15 is 0 Å². The number of tetrazole rings is 1. The monoisotopic (exact) mass is 468 g/mol. The van der Waals surface area contributed by atoms with Crippen LogP contribution in [0.3, 0.4) is 0 Å². The minimum absolute atomic E-state index is 0.0889. The molecule has 1 N–H and O–H groups in total. The second-order valence-electron chi connectivity index (χ2n) is 9.79. The number of hydrogen-bond donors (Lipinski definition) is 1. The first kappa shape index (κ1) is 24.2. The van der Waals surface area contributed by atoms with Crippen molar-refractivity contribution in [2.24, 2.45) is 0 Å². The third kappa shape index (κ3) is 4.94. The van der Waals surface area contributed by atoms with Crippen LogP contribution < -0.4 is 15.0 Å². The topological polar surface area (TPSA) is 98.2 Å². The SMILES string of the molecule is CCC(C)(C)n1nnnc1CN(Cc1cc2cc(OC)c(OC)cc2[nH]c1=O)C1CCCCC1. The quantitative estimate of drug-likeness (QED) is 0.507. The second-order valence-corrected chi connectivity index (χ2v) is 9.79. The molecule has 0 radical (unpaired) electrons. The number of hydrogen-bond acceptors (Lipinski definition) is 7. The summed E-state index contributed by atoms with van der Waals surface area (Å²) in [6.45, 7) is 7.57. The number of methoxy groups -OCH3 is 2. The smallest absolute Gasteiger partial charge is 0.252 e. The number of ether oxygens (including phenoxy) is 2. The maximum atomic E-state index is 13.1. The van der Waals surface area contributed by atoms with E-state index in [1.165, 1.54) is 19.3 Å². The van der Waals surface area contributed by atoms with Crippen LogP contribution in [0.4, 0.5) is 0 Å². The van der Waals surface area contributed by atoms with Crippen LogP contribution in [-0.2, 0) is 18.6 Å². The molecule has 0 aliphatic heterocycles. The molecule has 0 amide bonds. The van der Waals surface area contributed by atoms with Crippen LogP contribution in [0, 0.1) is 0 Å². The van der Waals surface area contributed by atoms with Crippen LogP contribution in [-0.4, -0.2) is 50.4 Å². The highest BCUT2D eigenvalue weighted by Crippen LogP contribution is 2.32. The van der Waals surface area contributed by atoms with Gasteiger partial charge in [0.25, 0.3) is 5.56 Å². The summed E-state index contributed by atoms with van der Waals surface area (Å²) in [5.74, 6) is 2.06. The van der Waals surface area contributed by atoms with Gasteiger partial charge in [-0.25, -0.2) is 4.68 Å². The Bertz CT molecular complexity index is 1180. The first-order valence-corrected chi connectivity index (χ1v) is 12.2. The molecule has 1 aliphatic rings. The van der Waals surface area contributed by atoms with Gasteiger partial charge in [0.2, 0.25) is 0 Å². The van der Waals surface area contributed by atoms with Crippen molar-refractivity contribution >= 4 is 10.9 Å². The van der Waals surface area contributed by atoms with Crippen LogP contribution in [0.15, 0.2) is 23.0 Å². The number of rotatable bonds is 9. The first-order valence-electron chi connectivity index (χ1n) is 12.2. The largest absolute Gasteiger partial charge is 0.493 e. The van der Waals surface area contributed by atoms with E-state index in [0.717, 1.165) is 41.6 Å². The number of benzene rings is 1. The third-order valence-corrected chi connectivity index (χ3v) is 7.21. The van der Waals surface area contributed by atoms with E-state index in [1.54, 1.807) is 20.3 Å². The number of nitrogens with one attached hydrogen (secondary N) is 1. The lowest BCUT2D eigenvalue weighted by Gasteiger charge is -2.34. The van der Waals surface area contributed by atoms with Crippen LogP contribution >= 0.6 is 0 Å². The molecule has 1 saturated carbocycles. The summed E-state index contributed by atoms with van der Waals surface area (Å²) in [4.78, 5) is 18.5. The van der Waals surface area contributed by atoms with Crippen molar-refractivity contribution in [3.63, 3.8) is 0 Å². The highest BCUT2D eigenvalue weighted by Gasteiger charge is 2.28. The minimum Gasteiger partial charge on any atom is -0.493 e. The summed E-state index contributed by atoms with van der Waals surface area (Å²) >= 11 is 0. The molecular formula is C25H36N6O3. The summed E-state index contributed by atoms with van der Waals surface area (Å²) in [6.07, 6.45) is 6.84. The number of fused-ring (bicyclic) bond motifs is 1. The lowest BCUT2D eigenvalue weighted by Crippen LogP contribution is -2.39. The molecule has 2 aromatic heterocycles. The Morgan fingerprint density at radius 1 is 1.09 bits per heavy atom. The molecule has 0 atom stereocenters. The number of H-pyrrole nitrogens is 1. The zero-order valence-corrected chi connectivity index (χ0v) is 20.9. The first-order chi connectivity index (χ1) is 16.4. The van der Waals surface area contributed by atoms with Gasteiger partial charge in [0.15, 0.2) is 17.3 Å². The number of pyridine rings is 1. The maximum absolute atomic E-state index is 13.1.